The lowest BCUT2D eigenvalue weighted by Crippen LogP contribution is -2.41. The summed E-state index contributed by atoms with van der Waals surface area (Å²) in [6, 6.07) is 8.99. The summed E-state index contributed by atoms with van der Waals surface area (Å²) < 4.78 is 0. The number of carbonyl (C=O) groups is 2. The number of urea groups is 1. The predicted octanol–water partition coefficient (Wildman–Crippen LogP) is 0.903. The molecule has 1 aromatic carbocycles. The highest BCUT2D eigenvalue weighted by Crippen LogP contribution is 2.40. The summed E-state index contributed by atoms with van der Waals surface area (Å²) in [4.78, 5) is 25.2. The molecule has 5 heteroatoms. The summed E-state index contributed by atoms with van der Waals surface area (Å²) in [6.07, 6.45) is 1.33. The van der Waals surface area contributed by atoms with Gasteiger partial charge < -0.3 is 5.32 Å². The maximum absolute atomic E-state index is 12.4. The van der Waals surface area contributed by atoms with Crippen LogP contribution in [-0.4, -0.2) is 23.4 Å². The Bertz CT molecular complexity index is 590. The van der Waals surface area contributed by atoms with E-state index in [0.717, 1.165) is 22.4 Å². The fraction of sp³-hybridized carbons (Fsp3) is 0.308. The molecular formula is C13H11N3O2. The third-order valence-electron chi connectivity index (χ3n) is 3.65. The van der Waals surface area contributed by atoms with Crippen LogP contribution in [0.4, 0.5) is 4.79 Å². The van der Waals surface area contributed by atoms with Gasteiger partial charge in [0.25, 0.3) is 5.91 Å². The quantitative estimate of drug-likeness (QED) is 0.586. The van der Waals surface area contributed by atoms with Gasteiger partial charge in [0.05, 0.1) is 6.07 Å². The highest BCUT2D eigenvalue weighted by Gasteiger charge is 2.55. The number of hydrogen-bond acceptors (Lipinski definition) is 3. The molecule has 1 heterocycles. The summed E-state index contributed by atoms with van der Waals surface area (Å²) in [5.74, 6) is -0.306. The summed E-state index contributed by atoms with van der Waals surface area (Å²) in [6.45, 7) is -0.200. The van der Waals surface area contributed by atoms with Crippen LogP contribution in [0, 0.1) is 11.3 Å². The average Bonchev–Trinajstić information content (AvgIpc) is 2.86. The number of aryl methyl sites for hydroxylation is 1. The minimum Gasteiger partial charge on any atom is -0.319 e. The Labute approximate surface area is 104 Å². The number of nitrogens with one attached hydrogen (secondary N) is 1. The number of nitriles is 1. The van der Waals surface area contributed by atoms with Crippen LogP contribution >= 0.6 is 0 Å². The lowest BCUT2D eigenvalue weighted by molar-refractivity contribution is -0.131. The van der Waals surface area contributed by atoms with Gasteiger partial charge in [-0.3, -0.25) is 4.79 Å². The van der Waals surface area contributed by atoms with E-state index in [1.165, 1.54) is 0 Å². The van der Waals surface area contributed by atoms with E-state index in [1.54, 1.807) is 0 Å². The molecule has 3 rings (SSSR count). The number of fused-ring (bicyclic) bond motifs is 2. The van der Waals surface area contributed by atoms with Crippen molar-refractivity contribution in [3.63, 3.8) is 0 Å². The van der Waals surface area contributed by atoms with Gasteiger partial charge in [-0.2, -0.15) is 5.26 Å². The van der Waals surface area contributed by atoms with Crippen LogP contribution in [0.2, 0.25) is 0 Å². The lowest BCUT2D eigenvalue weighted by Gasteiger charge is -2.21. The van der Waals surface area contributed by atoms with Gasteiger partial charge in [0.1, 0.15) is 12.1 Å². The summed E-state index contributed by atoms with van der Waals surface area (Å²) in [5, 5.41) is 11.4. The monoisotopic (exact) mass is 241 g/mol. The van der Waals surface area contributed by atoms with E-state index in [1.807, 2.05) is 30.3 Å². The normalized spacial score (nSPS) is 25.2. The minimum absolute atomic E-state index is 0.200. The van der Waals surface area contributed by atoms with Crippen LogP contribution in [0.3, 0.4) is 0 Å². The third-order valence-corrected chi connectivity index (χ3v) is 3.65. The second-order valence-corrected chi connectivity index (χ2v) is 4.54. The van der Waals surface area contributed by atoms with E-state index in [0.29, 0.717) is 6.42 Å². The van der Waals surface area contributed by atoms with Gasteiger partial charge in [0, 0.05) is 0 Å². The maximum atomic E-state index is 12.4. The first-order valence-corrected chi connectivity index (χ1v) is 5.78. The summed E-state index contributed by atoms with van der Waals surface area (Å²) in [5.41, 5.74) is 1.01. The minimum atomic E-state index is -0.940. The first kappa shape index (κ1) is 10.8. The molecule has 1 aromatic rings. The topological polar surface area (TPSA) is 73.2 Å². The molecule has 0 aromatic heterocycles. The number of amides is 3. The van der Waals surface area contributed by atoms with E-state index in [4.69, 9.17) is 5.26 Å². The standard InChI is InChI=1S/C13H11N3O2/c14-7-8-16-11(17)13(15-12(16)18)6-5-9-3-1-2-4-10(9)13/h1-4H,5-6,8H2,(H,15,18)/t13-/m0/s1. The zero-order valence-corrected chi connectivity index (χ0v) is 9.64. The molecular weight excluding hydrogens is 230 g/mol. The summed E-state index contributed by atoms with van der Waals surface area (Å²) >= 11 is 0. The third kappa shape index (κ3) is 1.20. The zero-order chi connectivity index (χ0) is 12.8. The Balaban J connectivity index is 2.07. The van der Waals surface area contributed by atoms with Gasteiger partial charge in [-0.25, -0.2) is 9.69 Å². The molecule has 3 amide bonds. The second kappa shape index (κ2) is 3.57. The van der Waals surface area contributed by atoms with Crippen LogP contribution in [0.15, 0.2) is 24.3 Å². The van der Waals surface area contributed by atoms with Crippen LogP contribution < -0.4 is 5.32 Å². The predicted molar refractivity (Wildman–Crippen MR) is 62.3 cm³/mol. The molecule has 5 nitrogen and oxygen atoms in total. The highest BCUT2D eigenvalue weighted by atomic mass is 16.2. The van der Waals surface area contributed by atoms with Gasteiger partial charge in [-0.15, -0.1) is 0 Å². The molecule has 1 aliphatic carbocycles. The van der Waals surface area contributed by atoms with E-state index >= 15 is 0 Å². The molecule has 0 unspecified atom stereocenters. The van der Waals surface area contributed by atoms with Crippen molar-refractivity contribution in [2.75, 3.05) is 6.54 Å². The van der Waals surface area contributed by atoms with Crippen molar-refractivity contribution in [3.05, 3.63) is 35.4 Å². The molecule has 18 heavy (non-hydrogen) atoms. The Kier molecular flexibility index (Phi) is 2.14. The Morgan fingerprint density at radius 2 is 2.17 bits per heavy atom. The van der Waals surface area contributed by atoms with Crippen molar-refractivity contribution in [1.29, 1.82) is 5.26 Å². The van der Waals surface area contributed by atoms with Crippen molar-refractivity contribution >= 4 is 11.9 Å². The maximum Gasteiger partial charge on any atom is 0.326 e. The molecule has 0 bridgehead atoms. The number of hydrogen-bond donors (Lipinski definition) is 1. The zero-order valence-electron chi connectivity index (χ0n) is 9.64. The van der Waals surface area contributed by atoms with Gasteiger partial charge >= 0.3 is 6.03 Å². The molecule has 1 N–H and O–H groups in total. The van der Waals surface area contributed by atoms with E-state index in [-0.39, 0.29) is 12.5 Å². The summed E-state index contributed by atoms with van der Waals surface area (Å²) in [7, 11) is 0. The molecule has 0 radical (unpaired) electrons. The number of nitrogens with zero attached hydrogens (tertiary/aromatic N) is 2. The molecule has 90 valence electrons. The Hall–Kier alpha value is -2.35. The number of carbonyl (C=O) groups excluding carboxylic acids is 2. The molecule has 1 saturated heterocycles. The Morgan fingerprint density at radius 3 is 2.94 bits per heavy atom. The van der Waals surface area contributed by atoms with Crippen molar-refractivity contribution in [3.8, 4) is 6.07 Å². The lowest BCUT2D eigenvalue weighted by atomic mass is 9.92. The smallest absolute Gasteiger partial charge is 0.319 e. The van der Waals surface area contributed by atoms with Crippen molar-refractivity contribution in [1.82, 2.24) is 10.2 Å². The van der Waals surface area contributed by atoms with Gasteiger partial charge in [0.15, 0.2) is 0 Å². The highest BCUT2D eigenvalue weighted by molar-refractivity contribution is 6.08. The van der Waals surface area contributed by atoms with Crippen LogP contribution in [-0.2, 0) is 16.8 Å². The second-order valence-electron chi connectivity index (χ2n) is 4.54. The van der Waals surface area contributed by atoms with Gasteiger partial charge in [-0.05, 0) is 24.0 Å². The van der Waals surface area contributed by atoms with Crippen molar-refractivity contribution in [2.24, 2.45) is 0 Å². The van der Waals surface area contributed by atoms with E-state index < -0.39 is 11.6 Å². The molecule has 1 aliphatic heterocycles. The molecule has 2 aliphatic rings. The molecule has 0 saturated carbocycles. The number of imide groups is 1. The molecule has 1 spiro atoms. The largest absolute Gasteiger partial charge is 0.326 e. The number of rotatable bonds is 1. The number of benzene rings is 1. The first-order valence-electron chi connectivity index (χ1n) is 5.78. The van der Waals surface area contributed by atoms with Crippen molar-refractivity contribution in [2.45, 2.75) is 18.4 Å². The van der Waals surface area contributed by atoms with Gasteiger partial charge in [-0.1, -0.05) is 24.3 Å². The SMILES string of the molecule is N#CCN1C(=O)N[C@]2(CCc3ccccc32)C1=O. The van der Waals surface area contributed by atoms with Gasteiger partial charge in [0.2, 0.25) is 0 Å². The van der Waals surface area contributed by atoms with E-state index in [2.05, 4.69) is 5.32 Å². The molecule has 1 fully saturated rings. The van der Waals surface area contributed by atoms with Crippen LogP contribution in [0.5, 0.6) is 0 Å². The first-order chi connectivity index (χ1) is 8.69. The molecule has 1 atom stereocenters. The average molecular weight is 241 g/mol. The van der Waals surface area contributed by atoms with Crippen molar-refractivity contribution < 1.29 is 9.59 Å². The fourth-order valence-corrected chi connectivity index (χ4v) is 2.80. The van der Waals surface area contributed by atoms with Crippen LogP contribution in [0.25, 0.3) is 0 Å². The van der Waals surface area contributed by atoms with Crippen LogP contribution in [0.1, 0.15) is 17.5 Å². The Morgan fingerprint density at radius 1 is 1.39 bits per heavy atom. The van der Waals surface area contributed by atoms with E-state index in [9.17, 15) is 9.59 Å². The fourth-order valence-electron chi connectivity index (χ4n) is 2.80.